The fourth-order valence-electron chi connectivity index (χ4n) is 3.75. The van der Waals surface area contributed by atoms with Crippen LogP contribution in [0.2, 0.25) is 0 Å². The average molecular weight is 396 g/mol. The van der Waals surface area contributed by atoms with Crippen molar-refractivity contribution in [1.82, 2.24) is 9.47 Å². The number of allylic oxidation sites excluding steroid dienone is 2. The van der Waals surface area contributed by atoms with E-state index in [1.54, 1.807) is 18.4 Å². The maximum atomic E-state index is 13.3. The highest BCUT2D eigenvalue weighted by atomic mass is 32.1. The first-order valence-electron chi connectivity index (χ1n) is 9.58. The Balaban J connectivity index is 1.51. The van der Waals surface area contributed by atoms with Gasteiger partial charge >= 0.3 is 0 Å². The van der Waals surface area contributed by atoms with Crippen LogP contribution in [0.5, 0.6) is 5.75 Å². The molecule has 1 aliphatic rings. The van der Waals surface area contributed by atoms with Gasteiger partial charge in [-0.05, 0) is 36.6 Å². The number of anilines is 1. The Kier molecular flexibility index (Phi) is 5.39. The van der Waals surface area contributed by atoms with Crippen molar-refractivity contribution in [2.45, 2.75) is 13.5 Å². The first-order valence-corrected chi connectivity index (χ1v) is 10.5. The molecule has 1 aliphatic heterocycles. The molecule has 1 fully saturated rings. The third-order valence-corrected chi connectivity index (χ3v) is 6.19. The largest absolute Gasteiger partial charge is 0.495 e. The van der Waals surface area contributed by atoms with Gasteiger partial charge in [0.1, 0.15) is 16.3 Å². The molecule has 3 heterocycles. The minimum Gasteiger partial charge on any atom is -0.495 e. The number of rotatable bonds is 5. The Bertz CT molecular complexity index is 996. The van der Waals surface area contributed by atoms with E-state index in [9.17, 15) is 4.79 Å². The second kappa shape index (κ2) is 8.10. The number of nitrogens with zero attached hydrogens (tertiary/aromatic N) is 3. The van der Waals surface area contributed by atoms with Gasteiger partial charge in [-0.2, -0.15) is 0 Å². The lowest BCUT2D eigenvalue weighted by molar-refractivity contribution is 0.0737. The number of piperazine rings is 1. The number of benzene rings is 1. The van der Waals surface area contributed by atoms with E-state index in [1.165, 1.54) is 0 Å². The first-order chi connectivity index (χ1) is 13.7. The second-order valence-electron chi connectivity index (χ2n) is 6.84. The minimum absolute atomic E-state index is 0.118. The summed E-state index contributed by atoms with van der Waals surface area (Å²) in [7, 11) is 1.70. The van der Waals surface area contributed by atoms with Crippen molar-refractivity contribution in [1.29, 1.82) is 0 Å². The van der Waals surface area contributed by atoms with E-state index in [0.29, 0.717) is 13.1 Å². The van der Waals surface area contributed by atoms with Crippen LogP contribution >= 0.6 is 11.3 Å². The molecule has 28 heavy (non-hydrogen) atoms. The van der Waals surface area contributed by atoms with Crippen LogP contribution in [0, 0.1) is 0 Å². The minimum atomic E-state index is 0.118. The Morgan fingerprint density at radius 2 is 1.96 bits per heavy atom. The van der Waals surface area contributed by atoms with E-state index < -0.39 is 0 Å². The number of hydrogen-bond acceptors (Lipinski definition) is 4. The molecule has 1 aromatic carbocycles. The second-order valence-corrected chi connectivity index (χ2v) is 7.74. The van der Waals surface area contributed by atoms with Crippen molar-refractivity contribution in [3.63, 3.8) is 0 Å². The quantitative estimate of drug-likeness (QED) is 0.606. The van der Waals surface area contributed by atoms with Crippen molar-refractivity contribution in [3.8, 4) is 5.75 Å². The zero-order valence-electron chi connectivity index (χ0n) is 16.3. The van der Waals surface area contributed by atoms with E-state index in [-0.39, 0.29) is 5.91 Å². The van der Waals surface area contributed by atoms with Gasteiger partial charge in [-0.3, -0.25) is 4.79 Å². The number of hydrogen-bond donors (Lipinski definition) is 0. The Hall–Kier alpha value is -2.73. The molecule has 4 rings (SSSR count). The van der Waals surface area contributed by atoms with Crippen molar-refractivity contribution < 1.29 is 9.53 Å². The number of para-hydroxylation sites is 2. The van der Waals surface area contributed by atoms with Gasteiger partial charge in [0.25, 0.3) is 5.91 Å². The summed E-state index contributed by atoms with van der Waals surface area (Å²) < 4.78 is 7.62. The number of methoxy groups -OCH3 is 1. The van der Waals surface area contributed by atoms with Crippen LogP contribution in [-0.4, -0.2) is 48.7 Å². The van der Waals surface area contributed by atoms with Gasteiger partial charge in [-0.1, -0.05) is 24.3 Å². The summed E-state index contributed by atoms with van der Waals surface area (Å²) in [5.74, 6) is 0.996. The summed E-state index contributed by atoms with van der Waals surface area (Å²) in [6.07, 6.45) is 4.12. The molecule has 1 amide bonds. The number of aromatic nitrogens is 1. The topological polar surface area (TPSA) is 37.7 Å². The average Bonchev–Trinajstić information content (AvgIpc) is 3.33. The highest BCUT2D eigenvalue weighted by Gasteiger charge is 2.26. The van der Waals surface area contributed by atoms with Crippen molar-refractivity contribution in [3.05, 3.63) is 59.6 Å². The van der Waals surface area contributed by atoms with Crippen LogP contribution in [0.4, 0.5) is 5.69 Å². The SMILES string of the molecule is C/C=C\Cn1c(C(=O)N2CCN(c3ccccc3OC)CC2)cc2ccsc21. The van der Waals surface area contributed by atoms with Crippen LogP contribution in [0.3, 0.4) is 0 Å². The summed E-state index contributed by atoms with van der Waals surface area (Å²) in [5, 5.41) is 3.22. The van der Waals surface area contributed by atoms with Gasteiger partial charge in [0.05, 0.1) is 12.8 Å². The highest BCUT2D eigenvalue weighted by Crippen LogP contribution is 2.29. The third-order valence-electron chi connectivity index (χ3n) is 5.24. The maximum Gasteiger partial charge on any atom is 0.270 e. The van der Waals surface area contributed by atoms with E-state index >= 15 is 0 Å². The molecule has 6 heteroatoms. The number of ether oxygens (including phenoxy) is 1. The number of fused-ring (bicyclic) bond motifs is 1. The number of thiophene rings is 1. The molecule has 0 unspecified atom stereocenters. The maximum absolute atomic E-state index is 13.3. The zero-order chi connectivity index (χ0) is 19.5. The zero-order valence-corrected chi connectivity index (χ0v) is 17.1. The number of amides is 1. The van der Waals surface area contributed by atoms with Crippen LogP contribution in [0.25, 0.3) is 10.2 Å². The fraction of sp³-hybridized carbons (Fsp3) is 0.318. The third kappa shape index (κ3) is 3.40. The molecule has 0 N–H and O–H groups in total. The molecule has 146 valence electrons. The monoisotopic (exact) mass is 395 g/mol. The Morgan fingerprint density at radius 1 is 1.18 bits per heavy atom. The van der Waals surface area contributed by atoms with Gasteiger partial charge in [0.15, 0.2) is 0 Å². The smallest absolute Gasteiger partial charge is 0.270 e. The molecular formula is C22H25N3O2S. The van der Waals surface area contributed by atoms with Crippen molar-refractivity contribution >= 4 is 33.1 Å². The lowest BCUT2D eigenvalue weighted by Crippen LogP contribution is -2.49. The molecule has 0 atom stereocenters. The Labute approximate surface area is 169 Å². The van der Waals surface area contributed by atoms with Crippen molar-refractivity contribution in [2.24, 2.45) is 0 Å². The molecule has 0 saturated carbocycles. The van der Waals surface area contributed by atoms with Gasteiger partial charge in [0, 0.05) is 38.1 Å². The van der Waals surface area contributed by atoms with E-state index in [4.69, 9.17) is 4.74 Å². The van der Waals surface area contributed by atoms with E-state index in [0.717, 1.165) is 47.0 Å². The normalized spacial score (nSPS) is 14.9. The predicted molar refractivity (Wildman–Crippen MR) is 116 cm³/mol. The molecule has 2 aromatic heterocycles. The predicted octanol–water partition coefficient (Wildman–Crippen LogP) is 4.25. The molecular weight excluding hydrogens is 370 g/mol. The van der Waals surface area contributed by atoms with Crippen LogP contribution in [0.15, 0.2) is 53.9 Å². The summed E-state index contributed by atoms with van der Waals surface area (Å²) in [6.45, 7) is 5.75. The first kappa shape index (κ1) is 18.6. The molecule has 0 radical (unpaired) electrons. The number of carbonyl (C=O) groups is 1. The molecule has 0 spiro atoms. The summed E-state index contributed by atoms with van der Waals surface area (Å²) in [4.78, 5) is 18.7. The van der Waals surface area contributed by atoms with E-state index in [1.807, 2.05) is 42.2 Å². The van der Waals surface area contributed by atoms with Gasteiger partial charge in [-0.15, -0.1) is 11.3 Å². The lowest BCUT2D eigenvalue weighted by Gasteiger charge is -2.36. The molecule has 5 nitrogen and oxygen atoms in total. The van der Waals surface area contributed by atoms with Crippen LogP contribution in [-0.2, 0) is 6.54 Å². The summed E-state index contributed by atoms with van der Waals surface area (Å²) in [5.41, 5.74) is 1.87. The molecule has 1 saturated heterocycles. The Morgan fingerprint density at radius 3 is 2.71 bits per heavy atom. The fourth-order valence-corrected chi connectivity index (χ4v) is 4.65. The molecule has 3 aromatic rings. The van der Waals surface area contributed by atoms with Gasteiger partial charge < -0.3 is 19.1 Å². The lowest BCUT2D eigenvalue weighted by atomic mass is 10.2. The number of carbonyl (C=O) groups excluding carboxylic acids is 1. The molecule has 0 aliphatic carbocycles. The standard InChI is InChI=1S/C22H25N3O2S/c1-3-4-10-25-19(16-17-9-15-28-22(17)25)21(26)24-13-11-23(12-14-24)18-7-5-6-8-20(18)27-2/h3-9,15-16H,10-14H2,1-2H3/b4-3-. The van der Waals surface area contributed by atoms with Gasteiger partial charge in [-0.25, -0.2) is 0 Å². The summed E-state index contributed by atoms with van der Waals surface area (Å²) >= 11 is 1.69. The van der Waals surface area contributed by atoms with Crippen LogP contribution < -0.4 is 9.64 Å². The highest BCUT2D eigenvalue weighted by molar-refractivity contribution is 7.16. The van der Waals surface area contributed by atoms with Crippen LogP contribution in [0.1, 0.15) is 17.4 Å². The van der Waals surface area contributed by atoms with E-state index in [2.05, 4.69) is 33.1 Å². The van der Waals surface area contributed by atoms with Gasteiger partial charge in [0.2, 0.25) is 0 Å². The van der Waals surface area contributed by atoms with Crippen molar-refractivity contribution in [2.75, 3.05) is 38.2 Å². The molecule has 0 bridgehead atoms. The summed E-state index contributed by atoms with van der Waals surface area (Å²) in [6, 6.07) is 12.2.